The van der Waals surface area contributed by atoms with Gasteiger partial charge in [-0.25, -0.2) is 4.79 Å². The minimum absolute atomic E-state index is 0.0177. The predicted molar refractivity (Wildman–Crippen MR) is 136 cm³/mol. The third-order valence-electron chi connectivity index (χ3n) is 6.46. The lowest BCUT2D eigenvalue weighted by molar-refractivity contribution is -0.308. The molecule has 0 radical (unpaired) electrons. The van der Waals surface area contributed by atoms with E-state index >= 15 is 0 Å². The van der Waals surface area contributed by atoms with Gasteiger partial charge in [-0.2, -0.15) is 0 Å². The number of carbonyl (C=O) groups is 2. The lowest BCUT2D eigenvalue weighted by Crippen LogP contribution is -2.49. The largest absolute Gasteiger partial charge is 0.548 e. The fourth-order valence-corrected chi connectivity index (χ4v) is 4.56. The summed E-state index contributed by atoms with van der Waals surface area (Å²) in [6.07, 6.45) is 1.41. The number of nitrogens with one attached hydrogen (secondary N) is 1. The van der Waals surface area contributed by atoms with Gasteiger partial charge in [-0.1, -0.05) is 44.5 Å². The average molecular weight is 509 g/mol. The summed E-state index contributed by atoms with van der Waals surface area (Å²) in [7, 11) is 0. The SMILES string of the molecule is Cc1c(CC(=O)N[C@H](Cc2ccc(Cl)cc2)C(=O)[O-])c(=O)oc2c(C)c3occ(C(C)(C)C)c3cc12. The molecule has 0 unspecified atom stereocenters. The van der Waals surface area contributed by atoms with E-state index in [1.165, 1.54) is 0 Å². The molecule has 7 nitrogen and oxygen atoms in total. The van der Waals surface area contributed by atoms with Crippen LogP contribution in [0.15, 0.2) is 50.2 Å². The maximum absolute atomic E-state index is 12.9. The molecule has 1 amide bonds. The standard InChI is InChI=1S/C28H28ClNO6/c1-14-18-11-20-21(28(3,4)5)13-35-24(20)15(2)25(18)36-27(34)19(14)12-23(31)30-22(26(32)33)10-16-6-8-17(29)9-7-16/h6-9,11,13,22H,10,12H2,1-5H3,(H,30,31)(H,32,33)/p-1/t22-/m1/s1. The third-order valence-corrected chi connectivity index (χ3v) is 6.71. The van der Waals surface area contributed by atoms with E-state index in [0.29, 0.717) is 38.3 Å². The Kier molecular flexibility index (Phi) is 6.71. The molecule has 2 aromatic carbocycles. The van der Waals surface area contributed by atoms with E-state index in [4.69, 9.17) is 20.4 Å². The molecule has 0 aliphatic heterocycles. The number of rotatable bonds is 6. The van der Waals surface area contributed by atoms with Crippen LogP contribution >= 0.6 is 11.6 Å². The first-order chi connectivity index (χ1) is 16.9. The molecule has 0 fully saturated rings. The molecule has 0 spiro atoms. The minimum Gasteiger partial charge on any atom is -0.548 e. The Hall–Kier alpha value is -3.58. The van der Waals surface area contributed by atoms with Crippen LogP contribution in [0.3, 0.4) is 0 Å². The van der Waals surface area contributed by atoms with Gasteiger partial charge in [0.1, 0.15) is 11.2 Å². The van der Waals surface area contributed by atoms with Crippen LogP contribution in [0.25, 0.3) is 21.9 Å². The summed E-state index contributed by atoms with van der Waals surface area (Å²) in [5, 5.41) is 16.3. The van der Waals surface area contributed by atoms with Gasteiger partial charge in [0.2, 0.25) is 5.91 Å². The summed E-state index contributed by atoms with van der Waals surface area (Å²) in [5.74, 6) is -2.04. The van der Waals surface area contributed by atoms with Gasteiger partial charge in [0.15, 0.2) is 0 Å². The number of amides is 1. The van der Waals surface area contributed by atoms with Crippen molar-refractivity contribution in [3.63, 3.8) is 0 Å². The fraction of sp³-hybridized carbons (Fsp3) is 0.321. The maximum atomic E-state index is 12.9. The van der Waals surface area contributed by atoms with E-state index < -0.39 is 23.5 Å². The second kappa shape index (κ2) is 9.47. The lowest BCUT2D eigenvalue weighted by atomic mass is 9.86. The van der Waals surface area contributed by atoms with Crippen molar-refractivity contribution in [3.8, 4) is 0 Å². The molecule has 188 valence electrons. The lowest BCUT2D eigenvalue weighted by Gasteiger charge is -2.20. The highest BCUT2D eigenvalue weighted by Crippen LogP contribution is 2.37. The van der Waals surface area contributed by atoms with Gasteiger partial charge in [-0.3, -0.25) is 4.79 Å². The van der Waals surface area contributed by atoms with E-state index in [-0.39, 0.29) is 23.8 Å². The molecule has 4 rings (SSSR count). The highest BCUT2D eigenvalue weighted by Gasteiger charge is 2.24. The highest BCUT2D eigenvalue weighted by molar-refractivity contribution is 6.30. The molecule has 8 heteroatoms. The van der Waals surface area contributed by atoms with Crippen molar-refractivity contribution in [2.45, 2.75) is 58.9 Å². The number of carboxylic acids is 1. The molecule has 4 aromatic rings. The van der Waals surface area contributed by atoms with Crippen LogP contribution < -0.4 is 16.0 Å². The predicted octanol–water partition coefficient (Wildman–Crippen LogP) is 4.13. The second-order valence-corrected chi connectivity index (χ2v) is 10.5. The first-order valence-corrected chi connectivity index (χ1v) is 12.0. The van der Waals surface area contributed by atoms with Gasteiger partial charge >= 0.3 is 5.63 Å². The zero-order chi connectivity index (χ0) is 26.4. The first kappa shape index (κ1) is 25.5. The van der Waals surface area contributed by atoms with Gasteiger partial charge in [0.25, 0.3) is 0 Å². The molecule has 0 bridgehead atoms. The zero-order valence-electron chi connectivity index (χ0n) is 20.8. The summed E-state index contributed by atoms with van der Waals surface area (Å²) in [6.45, 7) is 9.84. The molecule has 1 N–H and O–H groups in total. The van der Waals surface area contributed by atoms with E-state index in [0.717, 1.165) is 10.9 Å². The van der Waals surface area contributed by atoms with Crippen molar-refractivity contribution in [3.05, 3.63) is 79.9 Å². The van der Waals surface area contributed by atoms with E-state index in [2.05, 4.69) is 26.1 Å². The number of carboxylic acid groups (broad SMARTS) is 1. The van der Waals surface area contributed by atoms with Gasteiger partial charge in [-0.15, -0.1) is 0 Å². The molecular formula is C28H27ClNO6-. The van der Waals surface area contributed by atoms with E-state index in [1.54, 1.807) is 37.5 Å². The Bertz CT molecular complexity index is 1540. The van der Waals surface area contributed by atoms with Gasteiger partial charge in [-0.05, 0) is 55.0 Å². The fourth-order valence-electron chi connectivity index (χ4n) is 4.44. The smallest absolute Gasteiger partial charge is 0.340 e. The number of furan rings is 1. The molecular weight excluding hydrogens is 482 g/mol. The van der Waals surface area contributed by atoms with Crippen LogP contribution in [0.4, 0.5) is 0 Å². The number of hydrogen-bond acceptors (Lipinski definition) is 6. The zero-order valence-corrected chi connectivity index (χ0v) is 21.5. The Morgan fingerprint density at radius 1 is 1.06 bits per heavy atom. The van der Waals surface area contributed by atoms with Crippen LogP contribution in [0.1, 0.15) is 48.6 Å². The van der Waals surface area contributed by atoms with E-state index in [1.807, 2.05) is 13.0 Å². The molecule has 36 heavy (non-hydrogen) atoms. The van der Waals surface area contributed by atoms with Gasteiger partial charge in [0.05, 0.1) is 30.3 Å². The van der Waals surface area contributed by atoms with Gasteiger partial charge in [0, 0.05) is 26.9 Å². The number of halogens is 1. The van der Waals surface area contributed by atoms with Crippen molar-refractivity contribution >= 4 is 45.4 Å². The quantitative estimate of drug-likeness (QED) is 0.392. The number of benzene rings is 2. The maximum Gasteiger partial charge on any atom is 0.340 e. The van der Waals surface area contributed by atoms with Crippen LogP contribution in [0, 0.1) is 13.8 Å². The molecule has 0 aliphatic rings. The van der Waals surface area contributed by atoms with Crippen molar-refractivity contribution in [1.29, 1.82) is 0 Å². The van der Waals surface area contributed by atoms with Crippen LogP contribution in [0.5, 0.6) is 0 Å². The Balaban J connectivity index is 1.67. The normalized spacial score (nSPS) is 12.7. The third kappa shape index (κ3) is 4.88. The van der Waals surface area contributed by atoms with E-state index in [9.17, 15) is 19.5 Å². The van der Waals surface area contributed by atoms with Crippen molar-refractivity contribution in [2.24, 2.45) is 0 Å². The summed E-state index contributed by atoms with van der Waals surface area (Å²) >= 11 is 5.88. The summed E-state index contributed by atoms with van der Waals surface area (Å²) in [6, 6.07) is 7.28. The molecule has 2 aromatic heterocycles. The molecule has 0 saturated carbocycles. The van der Waals surface area contributed by atoms with Crippen molar-refractivity contribution in [1.82, 2.24) is 5.32 Å². The van der Waals surface area contributed by atoms with Crippen molar-refractivity contribution < 1.29 is 23.5 Å². The minimum atomic E-state index is -1.42. The summed E-state index contributed by atoms with van der Waals surface area (Å²) in [4.78, 5) is 37.4. The number of aliphatic carboxylic acids is 1. The number of hydrogen-bond donors (Lipinski definition) is 1. The highest BCUT2D eigenvalue weighted by atomic mass is 35.5. The first-order valence-electron chi connectivity index (χ1n) is 11.6. The number of aryl methyl sites for hydroxylation is 2. The second-order valence-electron chi connectivity index (χ2n) is 10.1. The van der Waals surface area contributed by atoms with Gasteiger partial charge < -0.3 is 24.1 Å². The Morgan fingerprint density at radius 3 is 2.33 bits per heavy atom. The van der Waals surface area contributed by atoms with Crippen LogP contribution in [0.2, 0.25) is 5.02 Å². The van der Waals surface area contributed by atoms with Crippen molar-refractivity contribution in [2.75, 3.05) is 0 Å². The molecule has 1 atom stereocenters. The Labute approximate surface area is 213 Å². The van der Waals surface area contributed by atoms with Crippen LogP contribution in [-0.4, -0.2) is 17.9 Å². The topological polar surface area (TPSA) is 113 Å². The summed E-state index contributed by atoms with van der Waals surface area (Å²) in [5.41, 5.74) is 3.40. The monoisotopic (exact) mass is 508 g/mol. The van der Waals surface area contributed by atoms with Crippen LogP contribution in [-0.2, 0) is 27.8 Å². The number of carbonyl (C=O) groups excluding carboxylic acids is 2. The molecule has 0 aliphatic carbocycles. The Morgan fingerprint density at radius 2 is 1.72 bits per heavy atom. The number of fused-ring (bicyclic) bond motifs is 2. The molecule has 2 heterocycles. The summed E-state index contributed by atoms with van der Waals surface area (Å²) < 4.78 is 11.4. The average Bonchev–Trinajstić information content (AvgIpc) is 3.23. The molecule has 0 saturated heterocycles.